The van der Waals surface area contributed by atoms with Crippen molar-refractivity contribution in [1.82, 2.24) is 14.8 Å². The van der Waals surface area contributed by atoms with E-state index < -0.39 is 0 Å². The molecule has 2 aromatic carbocycles. The summed E-state index contributed by atoms with van der Waals surface area (Å²) in [5.74, 6) is 0. The lowest BCUT2D eigenvalue weighted by molar-refractivity contribution is 0.203. The molecule has 0 unspecified atom stereocenters. The molecule has 0 saturated carbocycles. The summed E-state index contributed by atoms with van der Waals surface area (Å²) in [5, 5.41) is 6.13. The standard InChI is InChI=1S/C21H25N3/c1-3-19(23-13-11-22-12-14-23)16-9-10-21-18(15-16)17-7-5-6-8-20(17)24(21)4-2/h3,5-10,15,19,22H,1,4,11-14H2,2H3/t19-/m1/s1. The van der Waals surface area contributed by atoms with Gasteiger partial charge in [-0.1, -0.05) is 30.3 Å². The Hall–Kier alpha value is -2.10. The van der Waals surface area contributed by atoms with Crippen LogP contribution in [0.4, 0.5) is 0 Å². The molecule has 0 spiro atoms. The molecular formula is C21H25N3. The summed E-state index contributed by atoms with van der Waals surface area (Å²) >= 11 is 0. The smallest absolute Gasteiger partial charge is 0.0530 e. The summed E-state index contributed by atoms with van der Waals surface area (Å²) in [6, 6.07) is 15.9. The van der Waals surface area contributed by atoms with Gasteiger partial charge in [0.05, 0.1) is 6.04 Å². The highest BCUT2D eigenvalue weighted by Gasteiger charge is 2.20. The summed E-state index contributed by atoms with van der Waals surface area (Å²) in [7, 11) is 0. The summed E-state index contributed by atoms with van der Waals surface area (Å²) in [6.45, 7) is 11.6. The van der Waals surface area contributed by atoms with E-state index >= 15 is 0 Å². The number of aryl methyl sites for hydroxylation is 1. The number of hydrogen-bond acceptors (Lipinski definition) is 2. The fraction of sp³-hybridized carbons (Fsp3) is 0.333. The predicted molar refractivity (Wildman–Crippen MR) is 102 cm³/mol. The van der Waals surface area contributed by atoms with E-state index in [1.165, 1.54) is 27.4 Å². The molecule has 0 radical (unpaired) electrons. The van der Waals surface area contributed by atoms with Crippen molar-refractivity contribution in [3.63, 3.8) is 0 Å². The van der Waals surface area contributed by atoms with Crippen LogP contribution in [0.3, 0.4) is 0 Å². The minimum Gasteiger partial charge on any atom is -0.341 e. The third-order valence-electron chi connectivity index (χ3n) is 5.22. The van der Waals surface area contributed by atoms with Crippen LogP contribution in [0.1, 0.15) is 18.5 Å². The van der Waals surface area contributed by atoms with Crippen LogP contribution >= 0.6 is 0 Å². The Bertz CT molecular complexity index is 871. The number of nitrogens with one attached hydrogen (secondary N) is 1. The highest BCUT2D eigenvalue weighted by atomic mass is 15.2. The van der Waals surface area contributed by atoms with Gasteiger partial charge in [0, 0.05) is 54.5 Å². The molecule has 2 heterocycles. The average Bonchev–Trinajstić information content (AvgIpc) is 2.96. The minimum absolute atomic E-state index is 0.292. The van der Waals surface area contributed by atoms with E-state index in [1.807, 2.05) is 0 Å². The molecule has 0 bridgehead atoms. The van der Waals surface area contributed by atoms with Crippen molar-refractivity contribution in [3.05, 3.63) is 60.7 Å². The Balaban J connectivity index is 1.85. The molecule has 1 saturated heterocycles. The van der Waals surface area contributed by atoms with Gasteiger partial charge in [0.1, 0.15) is 0 Å². The fourth-order valence-corrected chi connectivity index (χ4v) is 4.05. The first-order valence-corrected chi connectivity index (χ1v) is 8.91. The third kappa shape index (κ3) is 2.45. The number of benzene rings is 2. The zero-order valence-corrected chi connectivity index (χ0v) is 14.3. The van der Waals surface area contributed by atoms with Crippen LogP contribution < -0.4 is 5.32 Å². The maximum absolute atomic E-state index is 4.11. The number of para-hydroxylation sites is 1. The van der Waals surface area contributed by atoms with Crippen molar-refractivity contribution < 1.29 is 0 Å². The Kier molecular flexibility index (Phi) is 4.13. The number of fused-ring (bicyclic) bond motifs is 3. The Morgan fingerprint density at radius 3 is 2.58 bits per heavy atom. The van der Waals surface area contributed by atoms with Gasteiger partial charge in [0.2, 0.25) is 0 Å². The molecule has 3 nitrogen and oxygen atoms in total. The van der Waals surface area contributed by atoms with Gasteiger partial charge < -0.3 is 9.88 Å². The molecule has 1 aliphatic rings. The molecule has 24 heavy (non-hydrogen) atoms. The van der Waals surface area contributed by atoms with E-state index in [2.05, 4.69) is 76.8 Å². The van der Waals surface area contributed by atoms with E-state index in [0.29, 0.717) is 6.04 Å². The number of piperazine rings is 1. The Morgan fingerprint density at radius 2 is 1.83 bits per heavy atom. The summed E-state index contributed by atoms with van der Waals surface area (Å²) in [4.78, 5) is 2.52. The van der Waals surface area contributed by atoms with Crippen LogP contribution in [-0.4, -0.2) is 35.6 Å². The molecule has 124 valence electrons. The molecule has 1 aliphatic heterocycles. The van der Waals surface area contributed by atoms with Crippen molar-refractivity contribution in [2.75, 3.05) is 26.2 Å². The lowest BCUT2D eigenvalue weighted by Crippen LogP contribution is -2.44. The van der Waals surface area contributed by atoms with Gasteiger partial charge in [-0.3, -0.25) is 4.90 Å². The van der Waals surface area contributed by atoms with Crippen LogP contribution in [0.15, 0.2) is 55.1 Å². The molecule has 1 atom stereocenters. The monoisotopic (exact) mass is 319 g/mol. The lowest BCUT2D eigenvalue weighted by Gasteiger charge is -2.33. The third-order valence-corrected chi connectivity index (χ3v) is 5.22. The van der Waals surface area contributed by atoms with Crippen LogP contribution in [0.2, 0.25) is 0 Å². The van der Waals surface area contributed by atoms with E-state index in [0.717, 1.165) is 32.7 Å². The van der Waals surface area contributed by atoms with Gasteiger partial charge in [-0.2, -0.15) is 0 Å². The van der Waals surface area contributed by atoms with Crippen LogP contribution in [-0.2, 0) is 6.54 Å². The second kappa shape index (κ2) is 6.42. The Labute approximate surface area is 143 Å². The highest BCUT2D eigenvalue weighted by Crippen LogP contribution is 2.32. The summed E-state index contributed by atoms with van der Waals surface area (Å²) in [6.07, 6.45) is 2.09. The molecule has 1 N–H and O–H groups in total. The first-order valence-electron chi connectivity index (χ1n) is 8.91. The number of nitrogens with zero attached hydrogens (tertiary/aromatic N) is 2. The van der Waals surface area contributed by atoms with E-state index in [-0.39, 0.29) is 0 Å². The molecule has 3 aromatic rings. The zero-order chi connectivity index (χ0) is 16.5. The van der Waals surface area contributed by atoms with Crippen LogP contribution in [0.25, 0.3) is 21.8 Å². The lowest BCUT2D eigenvalue weighted by atomic mass is 10.0. The average molecular weight is 319 g/mol. The van der Waals surface area contributed by atoms with Crippen LogP contribution in [0, 0.1) is 0 Å². The molecule has 1 fully saturated rings. The van der Waals surface area contributed by atoms with Gasteiger partial charge in [0.25, 0.3) is 0 Å². The maximum atomic E-state index is 4.11. The van der Waals surface area contributed by atoms with E-state index in [4.69, 9.17) is 0 Å². The van der Waals surface area contributed by atoms with Gasteiger partial charge in [-0.15, -0.1) is 6.58 Å². The normalized spacial score (nSPS) is 17.4. The second-order valence-corrected chi connectivity index (χ2v) is 6.50. The highest BCUT2D eigenvalue weighted by molar-refractivity contribution is 6.08. The fourth-order valence-electron chi connectivity index (χ4n) is 4.05. The van der Waals surface area contributed by atoms with Crippen molar-refractivity contribution in [2.45, 2.75) is 19.5 Å². The van der Waals surface area contributed by atoms with Crippen molar-refractivity contribution in [3.8, 4) is 0 Å². The van der Waals surface area contributed by atoms with Crippen LogP contribution in [0.5, 0.6) is 0 Å². The largest absolute Gasteiger partial charge is 0.341 e. The molecule has 0 amide bonds. The second-order valence-electron chi connectivity index (χ2n) is 6.50. The van der Waals surface area contributed by atoms with Gasteiger partial charge in [0.15, 0.2) is 0 Å². The quantitative estimate of drug-likeness (QED) is 0.735. The molecule has 3 heteroatoms. The van der Waals surface area contributed by atoms with Gasteiger partial charge in [-0.05, 0) is 30.7 Å². The number of rotatable bonds is 4. The molecule has 4 rings (SSSR count). The van der Waals surface area contributed by atoms with E-state index in [1.54, 1.807) is 0 Å². The van der Waals surface area contributed by atoms with Crippen molar-refractivity contribution >= 4 is 21.8 Å². The molecular weight excluding hydrogens is 294 g/mol. The van der Waals surface area contributed by atoms with Gasteiger partial charge in [-0.25, -0.2) is 0 Å². The van der Waals surface area contributed by atoms with E-state index in [9.17, 15) is 0 Å². The summed E-state index contributed by atoms with van der Waals surface area (Å²) in [5.41, 5.74) is 3.99. The first-order chi connectivity index (χ1) is 11.8. The van der Waals surface area contributed by atoms with Crippen molar-refractivity contribution in [2.24, 2.45) is 0 Å². The number of aromatic nitrogens is 1. The Morgan fingerprint density at radius 1 is 1.08 bits per heavy atom. The van der Waals surface area contributed by atoms with Crippen molar-refractivity contribution in [1.29, 1.82) is 0 Å². The number of hydrogen-bond donors (Lipinski definition) is 1. The van der Waals surface area contributed by atoms with Gasteiger partial charge >= 0.3 is 0 Å². The first kappa shape index (κ1) is 15.4. The predicted octanol–water partition coefficient (Wildman–Crippen LogP) is 3.95. The summed E-state index contributed by atoms with van der Waals surface area (Å²) < 4.78 is 2.40. The molecule has 0 aliphatic carbocycles. The zero-order valence-electron chi connectivity index (χ0n) is 14.3. The SMILES string of the molecule is C=C[C@H](c1ccc2c(c1)c1ccccc1n2CC)N1CCNCC1. The maximum Gasteiger partial charge on any atom is 0.0530 e. The topological polar surface area (TPSA) is 20.2 Å². The molecule has 1 aromatic heterocycles. The minimum atomic E-state index is 0.292.